The van der Waals surface area contributed by atoms with Crippen LogP contribution in [0.15, 0.2) is 0 Å². The number of hydrogen-bond acceptors (Lipinski definition) is 5. The minimum absolute atomic E-state index is 0.213. The molecule has 112 valence electrons. The van der Waals surface area contributed by atoms with Gasteiger partial charge in [-0.25, -0.2) is 9.59 Å². The number of rotatable bonds is 4. The number of hydrogen-bond donors (Lipinski definition) is 2. The lowest BCUT2D eigenvalue weighted by Crippen LogP contribution is -2.51. The molecule has 0 aromatic heterocycles. The number of alkyl carbamates (subject to hydrolysis) is 1. The van der Waals surface area contributed by atoms with Crippen molar-refractivity contribution in [1.29, 1.82) is 0 Å². The molecule has 1 unspecified atom stereocenters. The summed E-state index contributed by atoms with van der Waals surface area (Å²) < 4.78 is 10.2. The molecule has 0 rings (SSSR count). The van der Waals surface area contributed by atoms with E-state index >= 15 is 0 Å². The minimum atomic E-state index is -0.762. The number of ether oxygens (including phenoxy) is 2. The van der Waals surface area contributed by atoms with Crippen LogP contribution in [0, 0.1) is 5.41 Å². The second-order valence-corrected chi connectivity index (χ2v) is 6.78. The zero-order valence-electron chi connectivity index (χ0n) is 12.6. The van der Waals surface area contributed by atoms with Crippen LogP contribution >= 0.6 is 12.6 Å². The Kier molecular flexibility index (Phi) is 6.69. The lowest BCUT2D eigenvalue weighted by Gasteiger charge is -2.30. The van der Waals surface area contributed by atoms with Crippen molar-refractivity contribution in [3.63, 3.8) is 0 Å². The fourth-order valence-electron chi connectivity index (χ4n) is 1.28. The summed E-state index contributed by atoms with van der Waals surface area (Å²) in [4.78, 5) is 23.7. The lowest BCUT2D eigenvalue weighted by molar-refractivity contribution is -0.148. The molecule has 0 fully saturated rings. The number of thiol groups is 1. The van der Waals surface area contributed by atoms with Gasteiger partial charge in [0.2, 0.25) is 0 Å². The second kappa shape index (κ2) is 7.03. The van der Waals surface area contributed by atoms with Crippen molar-refractivity contribution in [1.82, 2.24) is 5.32 Å². The van der Waals surface area contributed by atoms with Gasteiger partial charge in [0.15, 0.2) is 0 Å². The third-order valence-electron chi connectivity index (χ3n) is 2.10. The summed E-state index contributed by atoms with van der Waals surface area (Å²) in [5.74, 6) is -0.0397. The normalized spacial score (nSPS) is 13.6. The Morgan fingerprint density at radius 1 is 1.16 bits per heavy atom. The molecule has 0 aliphatic carbocycles. The van der Waals surface area contributed by atoms with Crippen LogP contribution in [-0.2, 0) is 14.3 Å². The van der Waals surface area contributed by atoms with Gasteiger partial charge in [-0.1, -0.05) is 20.8 Å². The molecule has 0 aromatic rings. The van der Waals surface area contributed by atoms with Crippen LogP contribution in [0.2, 0.25) is 0 Å². The van der Waals surface area contributed by atoms with Gasteiger partial charge in [0.1, 0.15) is 18.2 Å². The monoisotopic (exact) mass is 291 g/mol. The van der Waals surface area contributed by atoms with Crippen molar-refractivity contribution < 1.29 is 19.1 Å². The summed E-state index contributed by atoms with van der Waals surface area (Å²) in [6.45, 7) is 11.0. The fraction of sp³-hybridized carbons (Fsp3) is 0.846. The molecular weight excluding hydrogens is 266 g/mol. The van der Waals surface area contributed by atoms with E-state index in [1.807, 2.05) is 20.8 Å². The molecular formula is C13H25NO4S. The number of nitrogens with one attached hydrogen (secondary N) is 1. The molecule has 0 aliphatic rings. The van der Waals surface area contributed by atoms with E-state index in [-0.39, 0.29) is 6.61 Å². The smallest absolute Gasteiger partial charge is 0.408 e. The Hall–Kier alpha value is -0.910. The maximum absolute atomic E-state index is 11.9. The first-order valence-electron chi connectivity index (χ1n) is 6.24. The second-order valence-electron chi connectivity index (χ2n) is 6.34. The van der Waals surface area contributed by atoms with Gasteiger partial charge in [0.25, 0.3) is 0 Å². The Bertz CT molecular complexity index is 318. The molecule has 19 heavy (non-hydrogen) atoms. The Morgan fingerprint density at radius 3 is 2.05 bits per heavy atom. The van der Waals surface area contributed by atoms with Crippen molar-refractivity contribution in [2.45, 2.75) is 53.2 Å². The summed E-state index contributed by atoms with van der Waals surface area (Å²) in [6, 6.07) is -0.762. The summed E-state index contributed by atoms with van der Waals surface area (Å²) in [6.07, 6.45) is -0.629. The molecule has 1 amide bonds. The average molecular weight is 291 g/mol. The largest absolute Gasteiger partial charge is 0.463 e. The van der Waals surface area contributed by atoms with Crippen LogP contribution in [0.25, 0.3) is 0 Å². The Morgan fingerprint density at radius 2 is 1.68 bits per heavy atom. The van der Waals surface area contributed by atoms with Gasteiger partial charge in [-0.2, -0.15) is 12.6 Å². The van der Waals surface area contributed by atoms with Crippen LogP contribution in [0.5, 0.6) is 0 Å². The van der Waals surface area contributed by atoms with E-state index in [0.29, 0.717) is 5.75 Å². The van der Waals surface area contributed by atoms with Crippen molar-refractivity contribution in [3.8, 4) is 0 Å². The van der Waals surface area contributed by atoms with Crippen molar-refractivity contribution in [2.24, 2.45) is 5.41 Å². The number of amides is 1. The summed E-state index contributed by atoms with van der Waals surface area (Å²) >= 11 is 3.97. The van der Waals surface area contributed by atoms with E-state index in [0.717, 1.165) is 0 Å². The van der Waals surface area contributed by atoms with Crippen LogP contribution in [-0.4, -0.2) is 36.1 Å². The quantitative estimate of drug-likeness (QED) is 0.616. The highest BCUT2D eigenvalue weighted by Crippen LogP contribution is 2.21. The number of esters is 1. The molecule has 0 aromatic carbocycles. The maximum atomic E-state index is 11.9. The van der Waals surface area contributed by atoms with Gasteiger partial charge in [0, 0.05) is 5.75 Å². The van der Waals surface area contributed by atoms with Crippen molar-refractivity contribution >= 4 is 24.7 Å². The van der Waals surface area contributed by atoms with Crippen LogP contribution in [0.1, 0.15) is 41.5 Å². The lowest BCUT2D eigenvalue weighted by atomic mass is 9.87. The molecule has 5 nitrogen and oxygen atoms in total. The van der Waals surface area contributed by atoms with Crippen LogP contribution in [0.4, 0.5) is 4.79 Å². The summed E-state index contributed by atoms with van der Waals surface area (Å²) in [5, 5.41) is 2.56. The highest BCUT2D eigenvalue weighted by molar-refractivity contribution is 7.80. The fourth-order valence-corrected chi connectivity index (χ4v) is 1.38. The van der Waals surface area contributed by atoms with E-state index in [2.05, 4.69) is 17.9 Å². The minimum Gasteiger partial charge on any atom is -0.463 e. The predicted molar refractivity (Wildman–Crippen MR) is 77.4 cm³/mol. The summed E-state index contributed by atoms with van der Waals surface area (Å²) in [5.41, 5.74) is -1.08. The van der Waals surface area contributed by atoms with E-state index in [1.165, 1.54) is 0 Å². The molecule has 6 heteroatoms. The highest BCUT2D eigenvalue weighted by Gasteiger charge is 2.35. The van der Waals surface area contributed by atoms with Gasteiger partial charge in [0.05, 0.1) is 0 Å². The third kappa shape index (κ3) is 7.97. The van der Waals surface area contributed by atoms with Gasteiger partial charge in [-0.15, -0.1) is 0 Å². The first-order valence-corrected chi connectivity index (χ1v) is 6.87. The van der Waals surface area contributed by atoms with Crippen molar-refractivity contribution in [3.05, 3.63) is 0 Å². The van der Waals surface area contributed by atoms with E-state index < -0.39 is 29.1 Å². The molecule has 0 spiro atoms. The standard InChI is InChI=1S/C13H25NO4S/c1-12(2,3)9(10(15)17-7-8-19)14-11(16)18-13(4,5)6/h9,19H,7-8H2,1-6H3,(H,14,16). The van der Waals surface area contributed by atoms with Crippen molar-refractivity contribution in [2.75, 3.05) is 12.4 Å². The molecule has 0 saturated heterocycles. The average Bonchev–Trinajstić information content (AvgIpc) is 2.18. The van der Waals surface area contributed by atoms with Crippen LogP contribution in [0.3, 0.4) is 0 Å². The van der Waals surface area contributed by atoms with E-state index in [9.17, 15) is 9.59 Å². The van der Waals surface area contributed by atoms with Gasteiger partial charge in [-0.05, 0) is 26.2 Å². The van der Waals surface area contributed by atoms with Gasteiger partial charge < -0.3 is 14.8 Å². The Labute approximate surface area is 120 Å². The third-order valence-corrected chi connectivity index (χ3v) is 2.28. The Balaban J connectivity index is 4.71. The molecule has 1 N–H and O–H groups in total. The molecule has 0 bridgehead atoms. The zero-order chi connectivity index (χ0) is 15.3. The van der Waals surface area contributed by atoms with Gasteiger partial charge >= 0.3 is 12.1 Å². The first kappa shape index (κ1) is 18.1. The number of carbonyl (C=O) groups excluding carboxylic acids is 2. The highest BCUT2D eigenvalue weighted by atomic mass is 32.1. The van der Waals surface area contributed by atoms with E-state index in [1.54, 1.807) is 20.8 Å². The molecule has 0 radical (unpaired) electrons. The van der Waals surface area contributed by atoms with E-state index in [4.69, 9.17) is 9.47 Å². The zero-order valence-corrected chi connectivity index (χ0v) is 13.5. The first-order chi connectivity index (χ1) is 8.47. The molecule has 1 atom stereocenters. The molecule has 0 heterocycles. The van der Waals surface area contributed by atoms with Crippen LogP contribution < -0.4 is 5.32 Å². The number of carbonyl (C=O) groups is 2. The molecule has 0 saturated carbocycles. The summed E-state index contributed by atoms with van der Waals surface area (Å²) in [7, 11) is 0. The SMILES string of the molecule is CC(C)(C)OC(=O)NC(C(=O)OCCS)C(C)(C)C. The topological polar surface area (TPSA) is 64.6 Å². The van der Waals surface area contributed by atoms with Gasteiger partial charge in [-0.3, -0.25) is 0 Å². The predicted octanol–water partition coefficient (Wildman–Crippen LogP) is 2.40. The molecule has 0 aliphatic heterocycles. The maximum Gasteiger partial charge on any atom is 0.408 e.